The van der Waals surface area contributed by atoms with E-state index in [-0.39, 0.29) is 11.3 Å². The Morgan fingerprint density at radius 1 is 1.10 bits per heavy atom. The summed E-state index contributed by atoms with van der Waals surface area (Å²) in [5, 5.41) is 13.7. The number of benzene rings is 3. The number of aromatic nitrogens is 1. The minimum Gasteiger partial charge on any atom is -0.436 e. The molecule has 0 radical (unpaired) electrons. The lowest BCUT2D eigenvalue weighted by molar-refractivity contribution is -0.384. The Morgan fingerprint density at radius 2 is 1.86 bits per heavy atom. The number of amides is 1. The molecule has 0 aliphatic carbocycles. The van der Waals surface area contributed by atoms with Gasteiger partial charge in [-0.15, -0.1) is 12.6 Å². The first-order valence-corrected chi connectivity index (χ1v) is 9.12. The van der Waals surface area contributed by atoms with Crippen LogP contribution in [0.15, 0.2) is 70.0 Å². The SMILES string of the molecule is Cc1ccc2oc(-c3ccc(NC(=O)c4cc([N+](=O)[O-])ccc4S)cc3)nc2c1. The zero-order valence-electron chi connectivity index (χ0n) is 15.2. The second kappa shape index (κ2) is 7.40. The van der Waals surface area contributed by atoms with Crippen molar-refractivity contribution in [2.45, 2.75) is 11.8 Å². The van der Waals surface area contributed by atoms with Gasteiger partial charge in [0.25, 0.3) is 11.6 Å². The average Bonchev–Trinajstić information content (AvgIpc) is 3.11. The molecule has 3 aromatic carbocycles. The highest BCUT2D eigenvalue weighted by atomic mass is 32.1. The molecule has 0 spiro atoms. The van der Waals surface area contributed by atoms with E-state index in [1.165, 1.54) is 18.2 Å². The van der Waals surface area contributed by atoms with Gasteiger partial charge in [0, 0.05) is 28.3 Å². The van der Waals surface area contributed by atoms with Crippen molar-refractivity contribution in [3.63, 3.8) is 0 Å². The Hall–Kier alpha value is -3.65. The number of anilines is 1. The summed E-state index contributed by atoms with van der Waals surface area (Å²) in [7, 11) is 0. The molecule has 0 unspecified atom stereocenters. The molecule has 0 fully saturated rings. The van der Waals surface area contributed by atoms with Crippen LogP contribution in [-0.4, -0.2) is 15.8 Å². The summed E-state index contributed by atoms with van der Waals surface area (Å²) in [6.45, 7) is 1.99. The highest BCUT2D eigenvalue weighted by Crippen LogP contribution is 2.27. The van der Waals surface area contributed by atoms with Gasteiger partial charge in [-0.25, -0.2) is 4.98 Å². The number of nitrogens with zero attached hydrogens (tertiary/aromatic N) is 2. The van der Waals surface area contributed by atoms with E-state index in [0.717, 1.165) is 16.6 Å². The van der Waals surface area contributed by atoms with E-state index < -0.39 is 10.8 Å². The van der Waals surface area contributed by atoms with Gasteiger partial charge >= 0.3 is 0 Å². The fourth-order valence-corrected chi connectivity index (χ4v) is 3.12. The topological polar surface area (TPSA) is 98.3 Å². The van der Waals surface area contributed by atoms with Crippen molar-refractivity contribution < 1.29 is 14.1 Å². The first-order chi connectivity index (χ1) is 13.9. The van der Waals surface area contributed by atoms with Gasteiger partial charge in [0.15, 0.2) is 5.58 Å². The van der Waals surface area contributed by atoms with Crippen LogP contribution in [0.2, 0.25) is 0 Å². The van der Waals surface area contributed by atoms with Crippen LogP contribution in [0.3, 0.4) is 0 Å². The summed E-state index contributed by atoms with van der Waals surface area (Å²) in [6.07, 6.45) is 0. The molecule has 0 aliphatic rings. The molecule has 4 aromatic rings. The first-order valence-electron chi connectivity index (χ1n) is 8.67. The third-order valence-electron chi connectivity index (χ3n) is 4.37. The molecule has 0 atom stereocenters. The van der Waals surface area contributed by atoms with Crippen LogP contribution in [0, 0.1) is 17.0 Å². The smallest absolute Gasteiger partial charge is 0.270 e. The van der Waals surface area contributed by atoms with Crippen molar-refractivity contribution in [3.05, 3.63) is 81.9 Å². The number of hydrogen-bond acceptors (Lipinski definition) is 6. The number of aryl methyl sites for hydroxylation is 1. The van der Waals surface area contributed by atoms with E-state index in [1.54, 1.807) is 24.3 Å². The third kappa shape index (κ3) is 3.83. The Labute approximate surface area is 170 Å². The van der Waals surface area contributed by atoms with Crippen LogP contribution in [0.1, 0.15) is 15.9 Å². The number of thiol groups is 1. The van der Waals surface area contributed by atoms with E-state index in [1.807, 2.05) is 25.1 Å². The Kier molecular flexibility index (Phi) is 4.77. The molecular formula is C21H15N3O4S. The molecule has 7 nitrogen and oxygen atoms in total. The molecule has 0 aliphatic heterocycles. The van der Waals surface area contributed by atoms with Gasteiger partial charge in [-0.3, -0.25) is 14.9 Å². The van der Waals surface area contributed by atoms with Gasteiger partial charge in [-0.05, 0) is 55.0 Å². The van der Waals surface area contributed by atoms with E-state index in [0.29, 0.717) is 22.1 Å². The zero-order chi connectivity index (χ0) is 20.5. The number of non-ortho nitro benzene ring substituents is 1. The van der Waals surface area contributed by atoms with Crippen molar-refractivity contribution in [2.75, 3.05) is 5.32 Å². The van der Waals surface area contributed by atoms with Gasteiger partial charge in [0.05, 0.1) is 10.5 Å². The van der Waals surface area contributed by atoms with Crippen molar-refractivity contribution >= 4 is 41.0 Å². The van der Waals surface area contributed by atoms with E-state index in [9.17, 15) is 14.9 Å². The molecule has 1 heterocycles. The van der Waals surface area contributed by atoms with Crippen LogP contribution in [-0.2, 0) is 0 Å². The number of hydrogen-bond donors (Lipinski definition) is 2. The van der Waals surface area contributed by atoms with Crippen LogP contribution in [0.25, 0.3) is 22.6 Å². The maximum atomic E-state index is 12.5. The zero-order valence-corrected chi connectivity index (χ0v) is 16.1. The van der Waals surface area contributed by atoms with Crippen molar-refractivity contribution in [1.29, 1.82) is 0 Å². The summed E-state index contributed by atoms with van der Waals surface area (Å²) in [5.41, 5.74) is 3.84. The fraction of sp³-hybridized carbons (Fsp3) is 0.0476. The number of nitro benzene ring substituents is 1. The Bertz CT molecular complexity index is 1250. The summed E-state index contributed by atoms with van der Waals surface area (Å²) in [4.78, 5) is 27.7. The number of carbonyl (C=O) groups is 1. The number of nitro groups is 1. The maximum Gasteiger partial charge on any atom is 0.270 e. The molecule has 0 saturated carbocycles. The second-order valence-electron chi connectivity index (χ2n) is 6.48. The molecule has 8 heteroatoms. The highest BCUT2D eigenvalue weighted by molar-refractivity contribution is 7.80. The molecule has 1 amide bonds. The van der Waals surface area contributed by atoms with Gasteiger partial charge in [0.1, 0.15) is 5.52 Å². The molecule has 1 N–H and O–H groups in total. The van der Waals surface area contributed by atoms with Crippen LogP contribution < -0.4 is 5.32 Å². The third-order valence-corrected chi connectivity index (χ3v) is 4.76. The maximum absolute atomic E-state index is 12.5. The summed E-state index contributed by atoms with van der Waals surface area (Å²) in [6, 6.07) is 16.7. The average molecular weight is 405 g/mol. The highest BCUT2D eigenvalue weighted by Gasteiger charge is 2.16. The Balaban J connectivity index is 1.55. The van der Waals surface area contributed by atoms with Crippen LogP contribution >= 0.6 is 12.6 Å². The molecular weight excluding hydrogens is 390 g/mol. The van der Waals surface area contributed by atoms with Crippen molar-refractivity contribution in [2.24, 2.45) is 0 Å². The molecule has 1 aromatic heterocycles. The molecule has 29 heavy (non-hydrogen) atoms. The van der Waals surface area contributed by atoms with E-state index in [4.69, 9.17) is 4.42 Å². The summed E-state index contributed by atoms with van der Waals surface area (Å²) >= 11 is 4.21. The normalized spacial score (nSPS) is 10.8. The molecule has 4 rings (SSSR count). The van der Waals surface area contributed by atoms with Gasteiger partial charge < -0.3 is 9.73 Å². The van der Waals surface area contributed by atoms with E-state index >= 15 is 0 Å². The number of nitrogens with one attached hydrogen (secondary N) is 1. The van der Waals surface area contributed by atoms with E-state index in [2.05, 4.69) is 22.9 Å². The van der Waals surface area contributed by atoms with Gasteiger partial charge in [-0.2, -0.15) is 0 Å². The molecule has 0 bridgehead atoms. The van der Waals surface area contributed by atoms with Crippen molar-refractivity contribution in [1.82, 2.24) is 4.98 Å². The standard InChI is InChI=1S/C21H15N3O4S/c1-12-2-8-18-17(10-12)23-21(28-18)13-3-5-14(6-4-13)22-20(25)16-11-15(24(26)27)7-9-19(16)29/h2-11,29H,1H3,(H,22,25). The largest absolute Gasteiger partial charge is 0.436 e. The first kappa shape index (κ1) is 18.7. The minimum atomic E-state index is -0.555. The lowest BCUT2D eigenvalue weighted by Gasteiger charge is -2.07. The lowest BCUT2D eigenvalue weighted by atomic mass is 10.1. The number of carbonyl (C=O) groups excluding carboxylic acids is 1. The molecule has 0 saturated heterocycles. The van der Waals surface area contributed by atoms with Gasteiger partial charge in [-0.1, -0.05) is 6.07 Å². The fourth-order valence-electron chi connectivity index (χ4n) is 2.87. The lowest BCUT2D eigenvalue weighted by Crippen LogP contribution is -2.13. The second-order valence-corrected chi connectivity index (χ2v) is 6.96. The van der Waals surface area contributed by atoms with Crippen LogP contribution in [0.4, 0.5) is 11.4 Å². The van der Waals surface area contributed by atoms with Gasteiger partial charge in [0.2, 0.25) is 5.89 Å². The number of rotatable bonds is 4. The summed E-state index contributed by atoms with van der Waals surface area (Å²) < 4.78 is 5.78. The monoisotopic (exact) mass is 405 g/mol. The summed E-state index contributed by atoms with van der Waals surface area (Å²) in [5.74, 6) is 0.00333. The number of fused-ring (bicyclic) bond motifs is 1. The quantitative estimate of drug-likeness (QED) is 0.274. The Morgan fingerprint density at radius 3 is 2.59 bits per heavy atom. The minimum absolute atomic E-state index is 0.126. The van der Waals surface area contributed by atoms with Crippen molar-refractivity contribution in [3.8, 4) is 11.5 Å². The number of oxazole rings is 1. The predicted octanol–water partition coefficient (Wildman–Crippen LogP) is 5.25. The molecule has 144 valence electrons. The van der Waals surface area contributed by atoms with Crippen LogP contribution in [0.5, 0.6) is 0 Å². The predicted molar refractivity (Wildman–Crippen MR) is 112 cm³/mol.